The highest BCUT2D eigenvalue weighted by Gasteiger charge is 2.35. The van der Waals surface area contributed by atoms with Crippen LogP contribution in [0.3, 0.4) is 0 Å². The lowest BCUT2D eigenvalue weighted by atomic mass is 10.1. The van der Waals surface area contributed by atoms with Crippen LogP contribution in [0, 0.1) is 5.92 Å². The molecule has 1 saturated heterocycles. The van der Waals surface area contributed by atoms with E-state index in [1.54, 1.807) is 42.5 Å². The molecule has 0 aliphatic carbocycles. The third-order valence-corrected chi connectivity index (χ3v) is 4.57. The van der Waals surface area contributed by atoms with Gasteiger partial charge in [0.25, 0.3) is 5.91 Å². The second kappa shape index (κ2) is 7.99. The van der Waals surface area contributed by atoms with Gasteiger partial charge in [0.15, 0.2) is 0 Å². The van der Waals surface area contributed by atoms with Crippen molar-refractivity contribution < 1.29 is 29.0 Å². The monoisotopic (exact) mass is 384 g/mol. The highest BCUT2D eigenvalue weighted by atomic mass is 16.5. The fourth-order valence-corrected chi connectivity index (χ4v) is 3.02. The van der Waals surface area contributed by atoms with Gasteiger partial charge in [-0.05, 0) is 36.4 Å². The molecule has 8 nitrogen and oxygen atoms in total. The molecule has 2 amide bonds. The number of anilines is 2. The first-order valence-corrected chi connectivity index (χ1v) is 8.59. The van der Waals surface area contributed by atoms with E-state index >= 15 is 0 Å². The number of hydrogen-bond acceptors (Lipinski definition) is 5. The molecular weight excluding hydrogens is 364 g/mol. The summed E-state index contributed by atoms with van der Waals surface area (Å²) in [7, 11) is 3.03. The second-order valence-electron chi connectivity index (χ2n) is 6.31. The van der Waals surface area contributed by atoms with Gasteiger partial charge in [0, 0.05) is 30.3 Å². The third-order valence-electron chi connectivity index (χ3n) is 4.57. The van der Waals surface area contributed by atoms with Gasteiger partial charge in [-0.25, -0.2) is 0 Å². The molecule has 1 aliphatic heterocycles. The SMILES string of the molecule is COc1ccc(OC)c(NC(=O)c2ccc(N3CC(C(=O)O)CC3=O)cc2)c1. The van der Waals surface area contributed by atoms with Gasteiger partial charge in [0.1, 0.15) is 11.5 Å². The Morgan fingerprint density at radius 3 is 2.39 bits per heavy atom. The van der Waals surface area contributed by atoms with Gasteiger partial charge >= 0.3 is 5.97 Å². The van der Waals surface area contributed by atoms with E-state index in [0.717, 1.165) is 0 Å². The van der Waals surface area contributed by atoms with E-state index in [1.165, 1.54) is 19.1 Å². The van der Waals surface area contributed by atoms with Gasteiger partial charge in [0.2, 0.25) is 5.91 Å². The summed E-state index contributed by atoms with van der Waals surface area (Å²) in [5.41, 5.74) is 1.41. The Kier molecular flexibility index (Phi) is 5.49. The van der Waals surface area contributed by atoms with E-state index in [-0.39, 0.29) is 24.8 Å². The highest BCUT2D eigenvalue weighted by Crippen LogP contribution is 2.30. The van der Waals surface area contributed by atoms with Gasteiger partial charge < -0.3 is 24.8 Å². The largest absolute Gasteiger partial charge is 0.497 e. The van der Waals surface area contributed by atoms with E-state index in [2.05, 4.69) is 5.32 Å². The molecule has 2 aromatic rings. The summed E-state index contributed by atoms with van der Waals surface area (Å²) in [6, 6.07) is 11.5. The van der Waals surface area contributed by atoms with E-state index in [4.69, 9.17) is 14.6 Å². The predicted octanol–water partition coefficient (Wildman–Crippen LogP) is 2.39. The molecule has 0 bridgehead atoms. The quantitative estimate of drug-likeness (QED) is 0.792. The zero-order valence-electron chi connectivity index (χ0n) is 15.5. The fraction of sp³-hybridized carbons (Fsp3) is 0.250. The second-order valence-corrected chi connectivity index (χ2v) is 6.31. The summed E-state index contributed by atoms with van der Waals surface area (Å²) >= 11 is 0. The number of rotatable bonds is 6. The predicted molar refractivity (Wildman–Crippen MR) is 102 cm³/mol. The lowest BCUT2D eigenvalue weighted by Crippen LogP contribution is -2.25. The number of hydrogen-bond donors (Lipinski definition) is 2. The number of carbonyl (C=O) groups excluding carboxylic acids is 2. The average Bonchev–Trinajstić information content (AvgIpc) is 3.10. The van der Waals surface area contributed by atoms with Gasteiger partial charge in [-0.15, -0.1) is 0 Å². The third kappa shape index (κ3) is 3.90. The van der Waals surface area contributed by atoms with Gasteiger partial charge in [0.05, 0.1) is 25.8 Å². The maximum absolute atomic E-state index is 12.6. The van der Waals surface area contributed by atoms with Gasteiger partial charge in [-0.2, -0.15) is 0 Å². The number of ether oxygens (including phenoxy) is 2. The molecule has 0 spiro atoms. The molecule has 0 radical (unpaired) electrons. The molecule has 8 heteroatoms. The van der Waals surface area contributed by atoms with Gasteiger partial charge in [-0.1, -0.05) is 0 Å². The van der Waals surface area contributed by atoms with Crippen LogP contribution >= 0.6 is 0 Å². The summed E-state index contributed by atoms with van der Waals surface area (Å²) in [4.78, 5) is 37.1. The lowest BCUT2D eigenvalue weighted by Gasteiger charge is -2.16. The minimum atomic E-state index is -0.987. The summed E-state index contributed by atoms with van der Waals surface area (Å²) in [6.07, 6.45) is -0.0206. The van der Waals surface area contributed by atoms with Crippen LogP contribution in [-0.2, 0) is 9.59 Å². The Morgan fingerprint density at radius 2 is 1.82 bits per heavy atom. The van der Waals surface area contributed by atoms with E-state index < -0.39 is 11.9 Å². The van der Waals surface area contributed by atoms with Crippen molar-refractivity contribution in [3.63, 3.8) is 0 Å². The smallest absolute Gasteiger partial charge is 0.308 e. The molecule has 1 aliphatic rings. The van der Waals surface area contributed by atoms with Crippen molar-refractivity contribution in [2.45, 2.75) is 6.42 Å². The minimum Gasteiger partial charge on any atom is -0.497 e. The standard InChI is InChI=1S/C20H20N2O6/c1-27-15-7-8-17(28-2)16(10-15)21-19(24)12-3-5-14(6-4-12)22-11-13(20(25)26)9-18(22)23/h3-8,10,13H,9,11H2,1-2H3,(H,21,24)(H,25,26). The zero-order valence-corrected chi connectivity index (χ0v) is 15.5. The topological polar surface area (TPSA) is 105 Å². The Hall–Kier alpha value is -3.55. The first kappa shape index (κ1) is 19.2. The summed E-state index contributed by atoms with van der Waals surface area (Å²) in [6.45, 7) is 0.126. The van der Waals surface area contributed by atoms with Crippen LogP contribution in [0.25, 0.3) is 0 Å². The number of carboxylic acid groups (broad SMARTS) is 1. The molecule has 1 fully saturated rings. The molecule has 146 valence electrons. The molecular formula is C20H20N2O6. The molecule has 1 atom stereocenters. The van der Waals surface area contributed by atoms with Crippen LogP contribution < -0.4 is 19.7 Å². The van der Waals surface area contributed by atoms with Crippen molar-refractivity contribution in [1.82, 2.24) is 0 Å². The number of benzene rings is 2. The first-order valence-electron chi connectivity index (χ1n) is 8.59. The lowest BCUT2D eigenvalue weighted by molar-refractivity contribution is -0.141. The Morgan fingerprint density at radius 1 is 1.11 bits per heavy atom. The van der Waals surface area contributed by atoms with Gasteiger partial charge in [-0.3, -0.25) is 14.4 Å². The molecule has 0 aromatic heterocycles. The highest BCUT2D eigenvalue weighted by molar-refractivity contribution is 6.06. The van der Waals surface area contributed by atoms with E-state index in [0.29, 0.717) is 28.4 Å². The molecule has 3 rings (SSSR count). The minimum absolute atomic E-state index is 0.0206. The molecule has 1 heterocycles. The number of amides is 2. The molecule has 1 unspecified atom stereocenters. The van der Waals surface area contributed by atoms with Crippen LogP contribution in [0.1, 0.15) is 16.8 Å². The number of nitrogens with one attached hydrogen (secondary N) is 1. The number of carboxylic acids is 1. The number of aliphatic carboxylic acids is 1. The summed E-state index contributed by atoms with van der Waals surface area (Å²) in [5.74, 6) is -1.23. The molecule has 0 saturated carbocycles. The van der Waals surface area contributed by atoms with Crippen molar-refractivity contribution in [2.24, 2.45) is 5.92 Å². The average molecular weight is 384 g/mol. The van der Waals surface area contributed by atoms with Crippen LogP contribution in [0.2, 0.25) is 0 Å². The van der Waals surface area contributed by atoms with Crippen molar-refractivity contribution >= 4 is 29.2 Å². The number of methoxy groups -OCH3 is 2. The number of carbonyl (C=O) groups is 3. The Balaban J connectivity index is 1.74. The first-order chi connectivity index (χ1) is 13.4. The van der Waals surface area contributed by atoms with Crippen molar-refractivity contribution in [1.29, 1.82) is 0 Å². The van der Waals surface area contributed by atoms with Crippen LogP contribution in [0.15, 0.2) is 42.5 Å². The van der Waals surface area contributed by atoms with Crippen molar-refractivity contribution in [3.05, 3.63) is 48.0 Å². The molecule has 28 heavy (non-hydrogen) atoms. The van der Waals surface area contributed by atoms with Crippen LogP contribution in [0.5, 0.6) is 11.5 Å². The maximum Gasteiger partial charge on any atom is 0.308 e. The summed E-state index contributed by atoms with van der Waals surface area (Å²) < 4.78 is 10.4. The Labute approximate surface area is 161 Å². The van der Waals surface area contributed by atoms with E-state index in [1.807, 2.05) is 0 Å². The number of nitrogens with zero attached hydrogens (tertiary/aromatic N) is 1. The molecule has 2 N–H and O–H groups in total. The fourth-order valence-electron chi connectivity index (χ4n) is 3.02. The van der Waals surface area contributed by atoms with Crippen molar-refractivity contribution in [2.75, 3.05) is 31.0 Å². The normalized spacial score (nSPS) is 16.0. The molecule has 2 aromatic carbocycles. The van der Waals surface area contributed by atoms with E-state index in [9.17, 15) is 14.4 Å². The maximum atomic E-state index is 12.6. The Bertz CT molecular complexity index is 909. The zero-order chi connectivity index (χ0) is 20.3. The van der Waals surface area contributed by atoms with Crippen LogP contribution in [-0.4, -0.2) is 43.7 Å². The van der Waals surface area contributed by atoms with Crippen molar-refractivity contribution in [3.8, 4) is 11.5 Å². The summed E-state index contributed by atoms with van der Waals surface area (Å²) in [5, 5.41) is 11.9. The van der Waals surface area contributed by atoms with Crippen LogP contribution in [0.4, 0.5) is 11.4 Å².